The maximum Gasteiger partial charge on any atom is 0.410 e. The third-order valence-electron chi connectivity index (χ3n) is 2.33. The topological polar surface area (TPSA) is 58.6 Å². The zero-order chi connectivity index (χ0) is 13.1. The number of carbonyl (C=O) groups excluding carboxylic acids is 2. The zero-order valence-electron chi connectivity index (χ0n) is 9.28. The smallest absolute Gasteiger partial charge is 0.410 e. The highest BCUT2D eigenvalue weighted by Gasteiger charge is 2.24. The van der Waals surface area contributed by atoms with Gasteiger partial charge in [0.25, 0.3) is 0 Å². The number of nitrogens with one attached hydrogen (secondary N) is 1. The van der Waals surface area contributed by atoms with E-state index in [4.69, 9.17) is 27.9 Å². The normalized spacial score (nSPS) is 14.6. The number of halogens is 2. The van der Waals surface area contributed by atoms with Crippen LogP contribution < -0.4 is 5.32 Å². The molecule has 0 aromatic heterocycles. The van der Waals surface area contributed by atoms with Crippen LogP contribution in [0.1, 0.15) is 0 Å². The Morgan fingerprint density at radius 1 is 1.33 bits per heavy atom. The van der Waals surface area contributed by atoms with E-state index in [-0.39, 0.29) is 12.5 Å². The Kier molecular flexibility index (Phi) is 3.93. The lowest BCUT2D eigenvalue weighted by Gasteiger charge is -2.12. The number of benzene rings is 1. The summed E-state index contributed by atoms with van der Waals surface area (Å²) in [7, 11) is 0. The van der Waals surface area contributed by atoms with Crippen LogP contribution in [0.5, 0.6) is 0 Å². The summed E-state index contributed by atoms with van der Waals surface area (Å²) in [5, 5.41) is 3.47. The van der Waals surface area contributed by atoms with Crippen LogP contribution in [0.25, 0.3) is 0 Å². The molecule has 1 N–H and O–H groups in total. The van der Waals surface area contributed by atoms with Crippen LogP contribution in [-0.4, -0.2) is 36.6 Å². The van der Waals surface area contributed by atoms with E-state index in [0.717, 1.165) is 0 Å². The Labute approximate surface area is 114 Å². The minimum absolute atomic E-state index is 0.0526. The van der Waals surface area contributed by atoms with Gasteiger partial charge in [0.1, 0.15) is 13.2 Å². The van der Waals surface area contributed by atoms with Gasteiger partial charge in [0.05, 0.1) is 6.54 Å². The SMILES string of the molecule is O=C(CN1CCOC1=O)Nc1cc(Cl)cc(Cl)c1. The molecule has 0 aliphatic carbocycles. The maximum absolute atomic E-state index is 11.7. The Morgan fingerprint density at radius 2 is 2.00 bits per heavy atom. The summed E-state index contributed by atoms with van der Waals surface area (Å²) in [6.07, 6.45) is -0.478. The van der Waals surface area contributed by atoms with Crippen LogP contribution in [0.4, 0.5) is 10.5 Å². The highest BCUT2D eigenvalue weighted by Crippen LogP contribution is 2.22. The van der Waals surface area contributed by atoms with Gasteiger partial charge < -0.3 is 10.1 Å². The molecule has 1 saturated heterocycles. The van der Waals surface area contributed by atoms with Crippen LogP contribution in [0.2, 0.25) is 10.0 Å². The minimum Gasteiger partial charge on any atom is -0.448 e. The lowest BCUT2D eigenvalue weighted by molar-refractivity contribution is -0.116. The van der Waals surface area contributed by atoms with Crippen LogP contribution >= 0.6 is 23.2 Å². The molecule has 2 amide bonds. The fraction of sp³-hybridized carbons (Fsp3) is 0.273. The van der Waals surface area contributed by atoms with Gasteiger partial charge in [-0.15, -0.1) is 0 Å². The van der Waals surface area contributed by atoms with Gasteiger partial charge in [-0.3, -0.25) is 9.69 Å². The average Bonchev–Trinajstić information content (AvgIpc) is 2.62. The molecule has 0 spiro atoms. The summed E-state index contributed by atoms with van der Waals surface area (Å²) in [6, 6.07) is 4.72. The van der Waals surface area contributed by atoms with Crippen molar-refractivity contribution in [3.63, 3.8) is 0 Å². The van der Waals surface area contributed by atoms with E-state index in [0.29, 0.717) is 28.9 Å². The summed E-state index contributed by atoms with van der Waals surface area (Å²) in [4.78, 5) is 24.2. The standard InChI is InChI=1S/C11H10Cl2N2O3/c12-7-3-8(13)5-9(4-7)14-10(16)6-15-1-2-18-11(15)17/h3-5H,1-2,6H2,(H,14,16). The third-order valence-corrected chi connectivity index (χ3v) is 2.76. The number of cyclic esters (lactones) is 1. The number of hydrogen-bond acceptors (Lipinski definition) is 3. The Morgan fingerprint density at radius 3 is 2.56 bits per heavy atom. The van der Waals surface area contributed by atoms with E-state index < -0.39 is 6.09 Å². The first-order valence-electron chi connectivity index (χ1n) is 5.22. The average molecular weight is 289 g/mol. The summed E-state index contributed by atoms with van der Waals surface area (Å²) in [6.45, 7) is 0.681. The molecule has 96 valence electrons. The van der Waals surface area contributed by atoms with Gasteiger partial charge >= 0.3 is 6.09 Å². The number of anilines is 1. The van der Waals surface area contributed by atoms with E-state index in [9.17, 15) is 9.59 Å². The van der Waals surface area contributed by atoms with Crippen LogP contribution in [0, 0.1) is 0 Å². The van der Waals surface area contributed by atoms with E-state index in [1.807, 2.05) is 0 Å². The van der Waals surface area contributed by atoms with Gasteiger partial charge in [0, 0.05) is 15.7 Å². The lowest BCUT2D eigenvalue weighted by atomic mass is 10.3. The van der Waals surface area contributed by atoms with Crippen molar-refractivity contribution < 1.29 is 14.3 Å². The van der Waals surface area contributed by atoms with Gasteiger partial charge in [-0.2, -0.15) is 0 Å². The van der Waals surface area contributed by atoms with Crippen molar-refractivity contribution >= 4 is 40.9 Å². The molecular formula is C11H10Cl2N2O3. The summed E-state index contributed by atoms with van der Waals surface area (Å²) >= 11 is 11.6. The van der Waals surface area contributed by atoms with E-state index in [1.54, 1.807) is 18.2 Å². The van der Waals surface area contributed by atoms with Gasteiger partial charge in [0.2, 0.25) is 5.91 Å². The fourth-order valence-electron chi connectivity index (χ4n) is 1.57. The second kappa shape index (κ2) is 5.46. The van der Waals surface area contributed by atoms with E-state index >= 15 is 0 Å². The number of rotatable bonds is 3. The summed E-state index contributed by atoms with van der Waals surface area (Å²) < 4.78 is 4.72. The highest BCUT2D eigenvalue weighted by atomic mass is 35.5. The van der Waals surface area contributed by atoms with Crippen molar-refractivity contribution in [1.29, 1.82) is 0 Å². The first-order chi connectivity index (χ1) is 8.54. The molecule has 2 rings (SSSR count). The molecule has 1 fully saturated rings. The van der Waals surface area contributed by atoms with Crippen molar-refractivity contribution in [2.24, 2.45) is 0 Å². The number of carbonyl (C=O) groups is 2. The van der Waals surface area contributed by atoms with Gasteiger partial charge in [-0.1, -0.05) is 23.2 Å². The van der Waals surface area contributed by atoms with Crippen molar-refractivity contribution in [3.05, 3.63) is 28.2 Å². The highest BCUT2D eigenvalue weighted by molar-refractivity contribution is 6.35. The molecule has 1 heterocycles. The molecule has 0 saturated carbocycles. The zero-order valence-corrected chi connectivity index (χ0v) is 10.8. The molecule has 1 aromatic rings. The molecule has 0 radical (unpaired) electrons. The Bertz CT molecular complexity index is 473. The summed E-state index contributed by atoms with van der Waals surface area (Å²) in [5.74, 6) is -0.327. The van der Waals surface area contributed by atoms with E-state index in [2.05, 4.69) is 5.32 Å². The van der Waals surface area contributed by atoms with Crippen molar-refractivity contribution in [2.75, 3.05) is 25.0 Å². The summed E-state index contributed by atoms with van der Waals surface area (Å²) in [5.41, 5.74) is 0.491. The first kappa shape index (κ1) is 13.0. The van der Waals surface area contributed by atoms with Crippen molar-refractivity contribution in [1.82, 2.24) is 4.90 Å². The van der Waals surface area contributed by atoms with Gasteiger partial charge in [-0.05, 0) is 18.2 Å². The Hall–Kier alpha value is -1.46. The van der Waals surface area contributed by atoms with Gasteiger partial charge in [0.15, 0.2) is 0 Å². The quantitative estimate of drug-likeness (QED) is 0.929. The second-order valence-electron chi connectivity index (χ2n) is 3.74. The minimum atomic E-state index is -0.478. The monoisotopic (exact) mass is 288 g/mol. The second-order valence-corrected chi connectivity index (χ2v) is 4.62. The molecule has 5 nitrogen and oxygen atoms in total. The molecule has 1 aliphatic rings. The predicted molar refractivity (Wildman–Crippen MR) is 68.0 cm³/mol. The number of ether oxygens (including phenoxy) is 1. The fourth-order valence-corrected chi connectivity index (χ4v) is 2.10. The van der Waals surface area contributed by atoms with E-state index in [1.165, 1.54) is 4.90 Å². The van der Waals surface area contributed by atoms with Crippen LogP contribution in [-0.2, 0) is 9.53 Å². The molecule has 0 bridgehead atoms. The van der Waals surface area contributed by atoms with Crippen molar-refractivity contribution in [3.8, 4) is 0 Å². The predicted octanol–water partition coefficient (Wildman–Crippen LogP) is 2.38. The molecule has 0 atom stereocenters. The molecular weight excluding hydrogens is 279 g/mol. The third kappa shape index (κ3) is 3.27. The molecule has 7 heteroatoms. The van der Waals surface area contributed by atoms with Gasteiger partial charge in [-0.25, -0.2) is 4.79 Å². The van der Waals surface area contributed by atoms with Crippen molar-refractivity contribution in [2.45, 2.75) is 0 Å². The molecule has 1 aromatic carbocycles. The first-order valence-corrected chi connectivity index (χ1v) is 5.98. The number of hydrogen-bond donors (Lipinski definition) is 1. The van der Waals surface area contributed by atoms with Crippen LogP contribution in [0.3, 0.4) is 0 Å². The number of amides is 2. The number of nitrogens with zero attached hydrogens (tertiary/aromatic N) is 1. The molecule has 18 heavy (non-hydrogen) atoms. The maximum atomic E-state index is 11.7. The molecule has 0 unspecified atom stereocenters. The lowest BCUT2D eigenvalue weighted by Crippen LogP contribution is -2.33. The Balaban J connectivity index is 1.96. The molecule has 1 aliphatic heterocycles. The van der Waals surface area contributed by atoms with Crippen LogP contribution in [0.15, 0.2) is 18.2 Å². The largest absolute Gasteiger partial charge is 0.448 e.